The number of hydrogen-bond acceptors (Lipinski definition) is 4. The van der Waals surface area contributed by atoms with E-state index >= 15 is 0 Å². The zero-order valence-corrected chi connectivity index (χ0v) is 13.3. The Bertz CT molecular complexity index is 467. The molecule has 0 saturated carbocycles. The lowest BCUT2D eigenvalue weighted by Crippen LogP contribution is -2.51. The molecule has 0 aromatic carbocycles. The van der Waals surface area contributed by atoms with E-state index in [9.17, 15) is 9.59 Å². The molecule has 0 spiro atoms. The third-order valence-corrected chi connectivity index (χ3v) is 4.59. The molecule has 1 atom stereocenters. The monoisotopic (exact) mass is 309 g/mol. The summed E-state index contributed by atoms with van der Waals surface area (Å²) in [6, 6.07) is 1.85. The summed E-state index contributed by atoms with van der Waals surface area (Å²) in [5.41, 5.74) is 6.23. The van der Waals surface area contributed by atoms with Gasteiger partial charge in [-0.25, -0.2) is 0 Å². The summed E-state index contributed by atoms with van der Waals surface area (Å²) in [5, 5.41) is 3.78. The molecule has 0 bridgehead atoms. The Morgan fingerprint density at radius 1 is 1.29 bits per heavy atom. The van der Waals surface area contributed by atoms with Gasteiger partial charge in [-0.15, -0.1) is 0 Å². The second kappa shape index (κ2) is 7.56. The highest BCUT2D eigenvalue weighted by atomic mass is 32.1. The second-order valence-electron chi connectivity index (χ2n) is 5.46. The SMILES string of the molecule is CC(CCCN)C(=O)N1CCN(C(=O)c2ccsc2)CC1. The summed E-state index contributed by atoms with van der Waals surface area (Å²) >= 11 is 1.53. The Morgan fingerprint density at radius 2 is 1.95 bits per heavy atom. The van der Waals surface area contributed by atoms with Crippen LogP contribution in [0.25, 0.3) is 0 Å². The van der Waals surface area contributed by atoms with E-state index < -0.39 is 0 Å². The van der Waals surface area contributed by atoms with Crippen molar-refractivity contribution < 1.29 is 9.59 Å². The van der Waals surface area contributed by atoms with Gasteiger partial charge < -0.3 is 15.5 Å². The lowest BCUT2D eigenvalue weighted by atomic mass is 10.0. The normalized spacial score (nSPS) is 16.9. The molecule has 2 heterocycles. The van der Waals surface area contributed by atoms with Crippen molar-refractivity contribution >= 4 is 23.2 Å². The van der Waals surface area contributed by atoms with Crippen LogP contribution in [0.4, 0.5) is 0 Å². The number of thiophene rings is 1. The Labute approximate surface area is 129 Å². The molecule has 1 aliphatic rings. The third-order valence-electron chi connectivity index (χ3n) is 3.91. The zero-order chi connectivity index (χ0) is 15.2. The summed E-state index contributed by atoms with van der Waals surface area (Å²) < 4.78 is 0. The maximum Gasteiger partial charge on any atom is 0.254 e. The number of carbonyl (C=O) groups excluding carboxylic acids is 2. The molecule has 1 aliphatic heterocycles. The molecule has 2 rings (SSSR count). The van der Waals surface area contributed by atoms with Crippen LogP contribution in [0.15, 0.2) is 16.8 Å². The van der Waals surface area contributed by atoms with Crippen LogP contribution in [0, 0.1) is 5.92 Å². The molecular weight excluding hydrogens is 286 g/mol. The van der Waals surface area contributed by atoms with Crippen molar-refractivity contribution in [1.82, 2.24) is 9.80 Å². The Balaban J connectivity index is 1.83. The van der Waals surface area contributed by atoms with Gasteiger partial charge in [0.05, 0.1) is 5.56 Å². The van der Waals surface area contributed by atoms with Crippen molar-refractivity contribution in [2.75, 3.05) is 32.7 Å². The van der Waals surface area contributed by atoms with Crippen LogP contribution in [0.2, 0.25) is 0 Å². The lowest BCUT2D eigenvalue weighted by molar-refractivity contribution is -0.136. The first kappa shape index (κ1) is 16.0. The first-order chi connectivity index (χ1) is 10.1. The van der Waals surface area contributed by atoms with E-state index in [0.29, 0.717) is 32.7 Å². The summed E-state index contributed by atoms with van der Waals surface area (Å²) in [4.78, 5) is 28.2. The molecule has 2 N–H and O–H groups in total. The van der Waals surface area contributed by atoms with Gasteiger partial charge in [-0.2, -0.15) is 11.3 Å². The minimum atomic E-state index is 0.0210. The Hall–Kier alpha value is -1.40. The predicted molar refractivity (Wildman–Crippen MR) is 84.3 cm³/mol. The fourth-order valence-electron chi connectivity index (χ4n) is 2.56. The van der Waals surface area contributed by atoms with Gasteiger partial charge in [-0.1, -0.05) is 6.92 Å². The van der Waals surface area contributed by atoms with Gasteiger partial charge in [0, 0.05) is 37.5 Å². The van der Waals surface area contributed by atoms with Crippen LogP contribution in [0.3, 0.4) is 0 Å². The molecule has 1 saturated heterocycles. The molecular formula is C15H23N3O2S. The van der Waals surface area contributed by atoms with Gasteiger partial charge in [-0.3, -0.25) is 9.59 Å². The third kappa shape index (κ3) is 4.04. The Kier molecular flexibility index (Phi) is 5.76. The molecule has 116 valence electrons. The van der Waals surface area contributed by atoms with Crippen molar-refractivity contribution in [3.8, 4) is 0 Å². The van der Waals surface area contributed by atoms with Crippen LogP contribution >= 0.6 is 11.3 Å². The Morgan fingerprint density at radius 3 is 2.52 bits per heavy atom. The molecule has 1 aromatic heterocycles. The molecule has 21 heavy (non-hydrogen) atoms. The summed E-state index contributed by atoms with van der Waals surface area (Å²) in [5.74, 6) is 0.276. The first-order valence-electron chi connectivity index (χ1n) is 7.43. The maximum absolute atomic E-state index is 12.3. The average molecular weight is 309 g/mol. The van der Waals surface area contributed by atoms with E-state index in [1.54, 1.807) is 0 Å². The fraction of sp³-hybridized carbons (Fsp3) is 0.600. The summed E-state index contributed by atoms with van der Waals surface area (Å²) in [6.45, 7) is 5.07. The van der Waals surface area contributed by atoms with Gasteiger partial charge in [0.2, 0.25) is 5.91 Å². The van der Waals surface area contributed by atoms with Crippen LogP contribution in [-0.2, 0) is 4.79 Å². The van der Waals surface area contributed by atoms with Crippen molar-refractivity contribution in [3.63, 3.8) is 0 Å². The highest BCUT2D eigenvalue weighted by molar-refractivity contribution is 7.08. The topological polar surface area (TPSA) is 66.6 Å². The number of piperazine rings is 1. The smallest absolute Gasteiger partial charge is 0.254 e. The maximum atomic E-state index is 12.3. The van der Waals surface area contributed by atoms with E-state index in [-0.39, 0.29) is 17.7 Å². The minimum Gasteiger partial charge on any atom is -0.339 e. The summed E-state index contributed by atoms with van der Waals surface area (Å²) in [7, 11) is 0. The standard InChI is InChI=1S/C15H23N3O2S/c1-12(3-2-5-16)14(19)17-6-8-18(9-7-17)15(20)13-4-10-21-11-13/h4,10-12H,2-3,5-9,16H2,1H3. The lowest BCUT2D eigenvalue weighted by Gasteiger charge is -2.36. The number of amides is 2. The molecule has 0 aliphatic carbocycles. The fourth-order valence-corrected chi connectivity index (χ4v) is 3.19. The molecule has 0 radical (unpaired) electrons. The number of hydrogen-bond donors (Lipinski definition) is 1. The van der Waals surface area contributed by atoms with Crippen molar-refractivity contribution in [2.45, 2.75) is 19.8 Å². The van der Waals surface area contributed by atoms with Crippen molar-refractivity contribution in [1.29, 1.82) is 0 Å². The first-order valence-corrected chi connectivity index (χ1v) is 8.38. The van der Waals surface area contributed by atoms with Gasteiger partial charge in [0.25, 0.3) is 5.91 Å². The minimum absolute atomic E-state index is 0.0210. The average Bonchev–Trinajstić information content (AvgIpc) is 3.05. The van der Waals surface area contributed by atoms with Crippen LogP contribution in [0.5, 0.6) is 0 Å². The number of carbonyl (C=O) groups is 2. The van der Waals surface area contributed by atoms with Crippen molar-refractivity contribution in [3.05, 3.63) is 22.4 Å². The molecule has 2 amide bonds. The van der Waals surface area contributed by atoms with Crippen LogP contribution < -0.4 is 5.73 Å². The van der Waals surface area contributed by atoms with E-state index in [4.69, 9.17) is 5.73 Å². The molecule has 6 heteroatoms. The van der Waals surface area contributed by atoms with Crippen LogP contribution in [0.1, 0.15) is 30.1 Å². The van der Waals surface area contributed by atoms with Crippen LogP contribution in [-0.4, -0.2) is 54.3 Å². The highest BCUT2D eigenvalue weighted by Gasteiger charge is 2.27. The van der Waals surface area contributed by atoms with E-state index in [1.165, 1.54) is 11.3 Å². The quantitative estimate of drug-likeness (QED) is 0.894. The summed E-state index contributed by atoms with van der Waals surface area (Å²) in [6.07, 6.45) is 1.72. The van der Waals surface area contributed by atoms with Gasteiger partial charge >= 0.3 is 0 Å². The number of rotatable bonds is 5. The second-order valence-corrected chi connectivity index (χ2v) is 6.24. The van der Waals surface area contributed by atoms with Gasteiger partial charge in [0.1, 0.15) is 0 Å². The highest BCUT2D eigenvalue weighted by Crippen LogP contribution is 2.15. The predicted octanol–water partition coefficient (Wildman–Crippen LogP) is 1.41. The van der Waals surface area contributed by atoms with Crippen molar-refractivity contribution in [2.24, 2.45) is 11.7 Å². The van der Waals surface area contributed by atoms with Gasteiger partial charge in [-0.05, 0) is 30.8 Å². The zero-order valence-electron chi connectivity index (χ0n) is 12.5. The number of nitrogens with two attached hydrogens (primary N) is 1. The van der Waals surface area contributed by atoms with E-state index in [1.807, 2.05) is 33.6 Å². The largest absolute Gasteiger partial charge is 0.339 e. The number of nitrogens with zero attached hydrogens (tertiary/aromatic N) is 2. The molecule has 1 fully saturated rings. The molecule has 5 nitrogen and oxygen atoms in total. The van der Waals surface area contributed by atoms with Gasteiger partial charge in [0.15, 0.2) is 0 Å². The van der Waals surface area contributed by atoms with E-state index in [2.05, 4.69) is 0 Å². The molecule has 1 unspecified atom stereocenters. The van der Waals surface area contributed by atoms with E-state index in [0.717, 1.165) is 18.4 Å². The molecule has 1 aromatic rings.